The lowest BCUT2D eigenvalue weighted by atomic mass is 9.82. The van der Waals surface area contributed by atoms with Crippen molar-refractivity contribution in [1.29, 1.82) is 0 Å². The van der Waals surface area contributed by atoms with Crippen molar-refractivity contribution in [2.24, 2.45) is 5.92 Å². The number of para-hydroxylation sites is 1. The first-order chi connectivity index (χ1) is 30.4. The Morgan fingerprint density at radius 3 is 2.44 bits per heavy atom. The van der Waals surface area contributed by atoms with Gasteiger partial charge in [-0.1, -0.05) is 103 Å². The number of aliphatic hydroxyl groups is 1. The maximum atomic E-state index is 15.6. The fourth-order valence-electron chi connectivity index (χ4n) is 10.4. The molecule has 5 aromatic carbocycles. The predicted octanol–water partition coefficient (Wildman–Crippen LogP) is 7.78. The van der Waals surface area contributed by atoms with E-state index in [1.54, 1.807) is 27.7 Å². The van der Waals surface area contributed by atoms with Crippen LogP contribution in [-0.4, -0.2) is 64.7 Å². The summed E-state index contributed by atoms with van der Waals surface area (Å²) in [5, 5.41) is 32.8. The zero-order chi connectivity index (χ0) is 44.0. The van der Waals surface area contributed by atoms with Gasteiger partial charge in [0.1, 0.15) is 5.75 Å². The van der Waals surface area contributed by atoms with Gasteiger partial charge < -0.3 is 19.5 Å². The van der Waals surface area contributed by atoms with Crippen molar-refractivity contribution in [3.63, 3.8) is 0 Å². The smallest absolute Gasteiger partial charge is 0.269 e. The van der Waals surface area contributed by atoms with E-state index in [1.807, 2.05) is 97.2 Å². The van der Waals surface area contributed by atoms with Crippen molar-refractivity contribution in [2.45, 2.75) is 75.5 Å². The zero-order valence-corrected chi connectivity index (χ0v) is 36.8. The number of aliphatic hydroxyl groups excluding tert-OH is 1. The van der Waals surface area contributed by atoms with Crippen molar-refractivity contribution < 1.29 is 29.1 Å². The first-order valence-corrected chi connectivity index (χ1v) is 24.5. The molecule has 0 bridgehead atoms. The molecule has 0 aliphatic carbocycles. The van der Waals surface area contributed by atoms with Gasteiger partial charge in [-0.2, -0.15) is 0 Å². The molecule has 3 aliphatic rings. The van der Waals surface area contributed by atoms with Crippen molar-refractivity contribution in [3.05, 3.63) is 166 Å². The van der Waals surface area contributed by atoms with Gasteiger partial charge in [0.2, 0.25) is 5.91 Å². The minimum Gasteiger partial charge on any atom is -0.497 e. The molecule has 1 saturated heterocycles. The molecular weight excluding hydrogens is 813 g/mol. The van der Waals surface area contributed by atoms with E-state index in [0.717, 1.165) is 33.3 Å². The summed E-state index contributed by atoms with van der Waals surface area (Å²) >= 11 is 0. The number of nitro groups is 1. The van der Waals surface area contributed by atoms with Crippen LogP contribution in [0, 0.1) is 16.0 Å². The van der Waals surface area contributed by atoms with E-state index in [-0.39, 0.29) is 42.1 Å². The molecule has 2 amide bonds. The number of hydrogen-bond donors (Lipinski definition) is 1. The number of fused-ring (bicyclic) bond motifs is 3. The number of amides is 2. The van der Waals surface area contributed by atoms with E-state index in [9.17, 15) is 20.0 Å². The van der Waals surface area contributed by atoms with Crippen molar-refractivity contribution in [2.75, 3.05) is 23.5 Å². The molecule has 1 N–H and O–H groups in total. The monoisotopic (exact) mass is 862 g/mol. The summed E-state index contributed by atoms with van der Waals surface area (Å²) in [7, 11) is -0.910. The third-order valence-corrected chi connectivity index (χ3v) is 17.9. The number of rotatable bonds is 13. The summed E-state index contributed by atoms with van der Waals surface area (Å²) in [6, 6.07) is 38.0. The highest BCUT2D eigenvalue weighted by molar-refractivity contribution is 6.91. The molecule has 1 spiro atoms. The van der Waals surface area contributed by atoms with Gasteiger partial charge in [0.25, 0.3) is 11.6 Å². The number of carbonyl (C=O) groups is 2. The number of methoxy groups -OCH3 is 1. The molecule has 1 unspecified atom stereocenters. The Morgan fingerprint density at radius 1 is 0.937 bits per heavy atom. The van der Waals surface area contributed by atoms with E-state index >= 15 is 4.79 Å². The summed E-state index contributed by atoms with van der Waals surface area (Å²) in [5.74, 6) is -0.279. The maximum Gasteiger partial charge on any atom is 0.269 e. The van der Waals surface area contributed by atoms with Crippen LogP contribution in [0.15, 0.2) is 128 Å². The molecule has 1 fully saturated rings. The average Bonchev–Trinajstić information content (AvgIpc) is 3.96. The van der Waals surface area contributed by atoms with Crippen LogP contribution in [0.25, 0.3) is 0 Å². The molecule has 0 radical (unpaired) electrons. The second-order valence-electron chi connectivity index (χ2n) is 17.4. The fraction of sp³-hybridized carbons (Fsp3) is 0.306. The van der Waals surface area contributed by atoms with Crippen molar-refractivity contribution in [1.82, 2.24) is 15.0 Å². The average molecular weight is 863 g/mol. The first-order valence-electron chi connectivity index (χ1n) is 21.4. The van der Waals surface area contributed by atoms with Gasteiger partial charge in [-0.3, -0.25) is 29.3 Å². The molecule has 3 aliphatic heterocycles. The third-order valence-electron chi connectivity index (χ3n) is 13.6. The van der Waals surface area contributed by atoms with E-state index in [4.69, 9.17) is 9.47 Å². The van der Waals surface area contributed by atoms with E-state index in [1.165, 1.54) is 12.1 Å². The Morgan fingerprint density at radius 2 is 1.70 bits per heavy atom. The summed E-state index contributed by atoms with van der Waals surface area (Å²) < 4.78 is 14.6. The van der Waals surface area contributed by atoms with Crippen LogP contribution in [0.2, 0.25) is 18.6 Å². The lowest BCUT2D eigenvalue weighted by Crippen LogP contribution is -2.51. The first kappa shape index (κ1) is 41.8. The van der Waals surface area contributed by atoms with Gasteiger partial charge in [-0.25, -0.2) is 0 Å². The summed E-state index contributed by atoms with van der Waals surface area (Å²) in [6.07, 6.45) is 2.95. The Kier molecular flexibility index (Phi) is 11.1. The second kappa shape index (κ2) is 16.7. The number of benzene rings is 5. The number of aromatic nitrogens is 3. The SMILES string of the molecule is COc1ccc([Si](C)(C)[C@@H]2[C@@H](CCn3cc(C(CO)c4ccccc4)nn3)O[C@]3(C(=O)N(Cc4cccc(N5C(=O)CCc6ccccc65)c4)c4ccc([N+](=O)[O-])cc43)[C@H]2C)cc1. The number of nitro benzene ring substituents is 1. The molecule has 6 aromatic rings. The van der Waals surface area contributed by atoms with Crippen LogP contribution in [0.3, 0.4) is 0 Å². The van der Waals surface area contributed by atoms with Gasteiger partial charge in [0, 0.05) is 48.5 Å². The number of aryl methyl sites for hydroxylation is 2. The molecule has 14 heteroatoms. The molecule has 9 rings (SSSR count). The van der Waals surface area contributed by atoms with Crippen LogP contribution < -0.4 is 19.7 Å². The van der Waals surface area contributed by atoms with Crippen molar-refractivity contribution >= 4 is 47.8 Å². The maximum absolute atomic E-state index is 15.6. The van der Waals surface area contributed by atoms with Gasteiger partial charge >= 0.3 is 0 Å². The number of carbonyl (C=O) groups excluding carboxylic acids is 2. The van der Waals surface area contributed by atoms with E-state index in [0.29, 0.717) is 48.4 Å². The lowest BCUT2D eigenvalue weighted by Gasteiger charge is -2.37. The number of anilines is 3. The summed E-state index contributed by atoms with van der Waals surface area (Å²) in [6.45, 7) is 7.09. The van der Waals surface area contributed by atoms with Crippen LogP contribution >= 0.6 is 0 Å². The van der Waals surface area contributed by atoms with Gasteiger partial charge in [-0.15, -0.1) is 5.10 Å². The summed E-state index contributed by atoms with van der Waals surface area (Å²) in [5.41, 5.74) is 4.27. The minimum atomic E-state index is -2.55. The second-order valence-corrected chi connectivity index (χ2v) is 22.1. The van der Waals surface area contributed by atoms with Crippen LogP contribution in [0.1, 0.15) is 53.6 Å². The highest BCUT2D eigenvalue weighted by atomic mass is 28.3. The third kappa shape index (κ3) is 7.31. The largest absolute Gasteiger partial charge is 0.497 e. The topological polar surface area (TPSA) is 153 Å². The van der Waals surface area contributed by atoms with Gasteiger partial charge in [0.15, 0.2) is 5.60 Å². The molecule has 0 saturated carbocycles. The molecule has 13 nitrogen and oxygen atoms in total. The number of nitrogens with zero attached hydrogens (tertiary/aromatic N) is 6. The normalized spacial score (nSPS) is 21.1. The quantitative estimate of drug-likeness (QED) is 0.0697. The Labute approximate surface area is 367 Å². The highest BCUT2D eigenvalue weighted by Gasteiger charge is 2.66. The fourth-order valence-corrected chi connectivity index (χ4v) is 14.5. The molecule has 63 heavy (non-hydrogen) atoms. The Hall–Kier alpha value is -6.48. The molecule has 4 heterocycles. The predicted molar refractivity (Wildman–Crippen MR) is 242 cm³/mol. The van der Waals surface area contributed by atoms with Crippen LogP contribution in [-0.2, 0) is 39.4 Å². The number of non-ortho nitro benzene ring substituents is 1. The van der Waals surface area contributed by atoms with E-state index < -0.39 is 30.6 Å². The minimum absolute atomic E-state index is 0.000128. The standard InChI is InChI=1S/C49H50N6O7Si/c1-32-47(63(3,4)39-21-19-38(61-2)20-22-39)45(25-26-52-30-42(50-51-52)40(31-56)34-12-6-5-7-13-34)62-49(32)41-28-37(55(59)60)18-23-44(41)53(48(49)58)29-33-11-10-15-36(27-33)54-43-16-9-8-14-35(43)17-24-46(54)57/h5-16,18-23,27-28,30,32,40,45,47,56H,17,24-26,29,31H2,1-4H3/t32-,40?,45+,47-,49+/m0/s1. The molecule has 5 atom stereocenters. The van der Waals surface area contributed by atoms with Gasteiger partial charge in [-0.05, 0) is 71.5 Å². The van der Waals surface area contributed by atoms with Crippen LogP contribution in [0.5, 0.6) is 5.75 Å². The number of hydrogen-bond acceptors (Lipinski definition) is 9. The molecular formula is C49H50N6O7Si. The van der Waals surface area contributed by atoms with Crippen molar-refractivity contribution in [3.8, 4) is 5.75 Å². The molecule has 322 valence electrons. The zero-order valence-electron chi connectivity index (χ0n) is 35.8. The number of ether oxygens (including phenoxy) is 2. The highest BCUT2D eigenvalue weighted by Crippen LogP contribution is 2.60. The van der Waals surface area contributed by atoms with Crippen LogP contribution in [0.4, 0.5) is 22.7 Å². The van der Waals surface area contributed by atoms with Gasteiger partial charge in [0.05, 0.1) is 62.3 Å². The summed E-state index contributed by atoms with van der Waals surface area (Å²) in [4.78, 5) is 44.4. The Bertz CT molecular complexity index is 2690. The Balaban J connectivity index is 1.09. The van der Waals surface area contributed by atoms with E-state index in [2.05, 4.69) is 42.5 Å². The molecule has 1 aromatic heterocycles. The lowest BCUT2D eigenvalue weighted by molar-refractivity contribution is -0.385.